The molecule has 1 heterocycles. The molecule has 0 fully saturated rings. The highest BCUT2D eigenvalue weighted by molar-refractivity contribution is 9.10. The Morgan fingerprint density at radius 2 is 2.05 bits per heavy atom. The van der Waals surface area contributed by atoms with Gasteiger partial charge in [-0.25, -0.2) is 18.5 Å². The third-order valence-corrected chi connectivity index (χ3v) is 4.24. The van der Waals surface area contributed by atoms with E-state index in [1.807, 2.05) is 24.3 Å². The van der Waals surface area contributed by atoms with Crippen molar-refractivity contribution < 1.29 is 8.42 Å². The van der Waals surface area contributed by atoms with Gasteiger partial charge in [-0.1, -0.05) is 12.1 Å². The van der Waals surface area contributed by atoms with Gasteiger partial charge in [-0.05, 0) is 52.7 Å². The van der Waals surface area contributed by atoms with E-state index in [2.05, 4.69) is 26.2 Å². The van der Waals surface area contributed by atoms with Crippen molar-refractivity contribution in [2.75, 3.05) is 5.32 Å². The number of nitrogens with zero attached hydrogens (tertiary/aromatic N) is 1. The van der Waals surface area contributed by atoms with E-state index in [1.165, 1.54) is 6.07 Å². The summed E-state index contributed by atoms with van der Waals surface area (Å²) in [6, 6.07) is 10.7. The topological polar surface area (TPSA) is 85.1 Å². The molecule has 2 rings (SSSR count). The summed E-state index contributed by atoms with van der Waals surface area (Å²) in [5.74, 6) is 0. The van der Waals surface area contributed by atoms with Crippen LogP contribution in [0.1, 0.15) is 11.3 Å². The van der Waals surface area contributed by atoms with Crippen LogP contribution in [0.5, 0.6) is 0 Å². The van der Waals surface area contributed by atoms with E-state index >= 15 is 0 Å². The van der Waals surface area contributed by atoms with Gasteiger partial charge in [-0.3, -0.25) is 0 Å². The average Bonchev–Trinajstić information content (AvgIpc) is 2.36. The van der Waals surface area contributed by atoms with E-state index in [0.717, 1.165) is 10.3 Å². The molecule has 2 aromatic rings. The third-order valence-electron chi connectivity index (χ3n) is 2.74. The Morgan fingerprint density at radius 3 is 2.70 bits per heavy atom. The number of anilines is 1. The van der Waals surface area contributed by atoms with Crippen molar-refractivity contribution >= 4 is 31.6 Å². The fourth-order valence-corrected chi connectivity index (χ4v) is 2.95. The standard InChI is InChI=1S/C13H14BrN3O2S/c1-9-5-6-10(7-12(9)20(15,18)19)16-8-11-3-2-4-13(14)17-11/h2-7,16H,8H2,1H3,(H2,15,18,19). The molecular weight excluding hydrogens is 342 g/mol. The lowest BCUT2D eigenvalue weighted by Crippen LogP contribution is -2.14. The highest BCUT2D eigenvalue weighted by atomic mass is 79.9. The van der Waals surface area contributed by atoms with Crippen LogP contribution in [0, 0.1) is 6.92 Å². The first-order chi connectivity index (χ1) is 9.36. The lowest BCUT2D eigenvalue weighted by molar-refractivity contribution is 0.597. The fraction of sp³-hybridized carbons (Fsp3) is 0.154. The molecule has 1 aromatic carbocycles. The van der Waals surface area contributed by atoms with Crippen LogP contribution < -0.4 is 10.5 Å². The van der Waals surface area contributed by atoms with Crippen molar-refractivity contribution in [1.29, 1.82) is 0 Å². The number of halogens is 1. The van der Waals surface area contributed by atoms with Gasteiger partial charge in [-0.2, -0.15) is 0 Å². The molecule has 0 bridgehead atoms. The molecule has 0 saturated carbocycles. The molecule has 0 aliphatic carbocycles. The molecule has 0 radical (unpaired) electrons. The van der Waals surface area contributed by atoms with Crippen LogP contribution in [0.3, 0.4) is 0 Å². The van der Waals surface area contributed by atoms with E-state index in [4.69, 9.17) is 5.14 Å². The number of benzene rings is 1. The molecule has 0 spiro atoms. The SMILES string of the molecule is Cc1ccc(NCc2cccc(Br)n2)cc1S(N)(=O)=O. The highest BCUT2D eigenvalue weighted by Crippen LogP contribution is 2.19. The largest absolute Gasteiger partial charge is 0.379 e. The van der Waals surface area contributed by atoms with Gasteiger partial charge in [0.15, 0.2) is 0 Å². The molecule has 5 nitrogen and oxygen atoms in total. The van der Waals surface area contributed by atoms with E-state index in [0.29, 0.717) is 17.8 Å². The number of aryl methyl sites for hydroxylation is 1. The van der Waals surface area contributed by atoms with Crippen molar-refractivity contribution in [3.8, 4) is 0 Å². The van der Waals surface area contributed by atoms with E-state index in [-0.39, 0.29) is 4.90 Å². The Labute approximate surface area is 126 Å². The minimum Gasteiger partial charge on any atom is -0.379 e. The summed E-state index contributed by atoms with van der Waals surface area (Å²) >= 11 is 3.30. The van der Waals surface area contributed by atoms with Crippen LogP contribution in [0.15, 0.2) is 45.9 Å². The second-order valence-electron chi connectivity index (χ2n) is 4.33. The van der Waals surface area contributed by atoms with Crippen molar-refractivity contribution in [2.45, 2.75) is 18.4 Å². The molecule has 0 aliphatic heterocycles. The zero-order chi connectivity index (χ0) is 14.8. The first kappa shape index (κ1) is 15.0. The van der Waals surface area contributed by atoms with E-state index in [9.17, 15) is 8.42 Å². The molecule has 0 aliphatic rings. The molecule has 7 heteroatoms. The normalized spacial score (nSPS) is 11.3. The van der Waals surface area contributed by atoms with Crippen molar-refractivity contribution in [1.82, 2.24) is 4.98 Å². The maximum Gasteiger partial charge on any atom is 0.238 e. The van der Waals surface area contributed by atoms with E-state index in [1.54, 1.807) is 13.0 Å². The molecular formula is C13H14BrN3O2S. The summed E-state index contributed by atoms with van der Waals surface area (Å²) < 4.78 is 23.7. The zero-order valence-corrected chi connectivity index (χ0v) is 13.2. The fourth-order valence-electron chi connectivity index (χ4n) is 1.76. The number of nitrogens with two attached hydrogens (primary N) is 1. The van der Waals surface area contributed by atoms with Gasteiger partial charge in [0.2, 0.25) is 10.0 Å². The smallest absolute Gasteiger partial charge is 0.238 e. The number of hydrogen-bond donors (Lipinski definition) is 2. The summed E-state index contributed by atoms with van der Waals surface area (Å²) in [5.41, 5.74) is 2.15. The van der Waals surface area contributed by atoms with Crippen molar-refractivity contribution in [3.63, 3.8) is 0 Å². The Balaban J connectivity index is 2.19. The Kier molecular flexibility index (Phi) is 4.42. The average molecular weight is 356 g/mol. The molecule has 0 unspecified atom stereocenters. The Bertz CT molecular complexity index is 732. The number of primary sulfonamides is 1. The van der Waals surface area contributed by atoms with Gasteiger partial charge in [0, 0.05) is 5.69 Å². The summed E-state index contributed by atoms with van der Waals surface area (Å²) in [4.78, 5) is 4.42. The monoisotopic (exact) mass is 355 g/mol. The Morgan fingerprint density at radius 1 is 1.30 bits per heavy atom. The van der Waals surface area contributed by atoms with Crippen LogP contribution in [0.2, 0.25) is 0 Å². The lowest BCUT2D eigenvalue weighted by Gasteiger charge is -2.09. The molecule has 0 saturated heterocycles. The molecule has 3 N–H and O–H groups in total. The van der Waals surface area contributed by atoms with Crippen molar-refractivity contribution in [2.24, 2.45) is 5.14 Å². The molecule has 20 heavy (non-hydrogen) atoms. The zero-order valence-electron chi connectivity index (χ0n) is 10.8. The summed E-state index contributed by atoms with van der Waals surface area (Å²) in [7, 11) is -3.71. The summed E-state index contributed by atoms with van der Waals surface area (Å²) in [6.45, 7) is 2.20. The molecule has 0 amide bonds. The van der Waals surface area contributed by atoms with Gasteiger partial charge >= 0.3 is 0 Å². The highest BCUT2D eigenvalue weighted by Gasteiger charge is 2.12. The van der Waals surface area contributed by atoms with Gasteiger partial charge in [0.25, 0.3) is 0 Å². The number of sulfonamides is 1. The van der Waals surface area contributed by atoms with Crippen LogP contribution in [-0.2, 0) is 16.6 Å². The van der Waals surface area contributed by atoms with E-state index < -0.39 is 10.0 Å². The number of aromatic nitrogens is 1. The predicted octanol–water partition coefficient (Wildman–Crippen LogP) is 2.41. The van der Waals surface area contributed by atoms with Crippen LogP contribution in [0.25, 0.3) is 0 Å². The van der Waals surface area contributed by atoms with Gasteiger partial charge < -0.3 is 5.32 Å². The minimum absolute atomic E-state index is 0.129. The van der Waals surface area contributed by atoms with Gasteiger partial charge in [0.05, 0.1) is 17.1 Å². The number of hydrogen-bond acceptors (Lipinski definition) is 4. The number of pyridine rings is 1. The van der Waals surface area contributed by atoms with Crippen LogP contribution in [0.4, 0.5) is 5.69 Å². The number of nitrogens with one attached hydrogen (secondary N) is 1. The summed E-state index contributed by atoms with van der Waals surface area (Å²) in [5, 5.41) is 8.30. The van der Waals surface area contributed by atoms with Crippen molar-refractivity contribution in [3.05, 3.63) is 52.3 Å². The second kappa shape index (κ2) is 5.90. The maximum absolute atomic E-state index is 11.5. The first-order valence-corrected chi connectivity index (χ1v) is 8.19. The van der Waals surface area contributed by atoms with Crippen LogP contribution >= 0.6 is 15.9 Å². The predicted molar refractivity (Wildman–Crippen MR) is 81.8 cm³/mol. The molecule has 106 valence electrons. The second-order valence-corrected chi connectivity index (χ2v) is 6.67. The lowest BCUT2D eigenvalue weighted by atomic mass is 10.2. The van der Waals surface area contributed by atoms with Gasteiger partial charge in [-0.15, -0.1) is 0 Å². The third kappa shape index (κ3) is 3.78. The summed E-state index contributed by atoms with van der Waals surface area (Å²) in [6.07, 6.45) is 0. The number of rotatable bonds is 4. The van der Waals surface area contributed by atoms with Crippen LogP contribution in [-0.4, -0.2) is 13.4 Å². The molecule has 0 atom stereocenters. The molecule has 1 aromatic heterocycles. The van der Waals surface area contributed by atoms with Gasteiger partial charge in [0.1, 0.15) is 4.60 Å². The minimum atomic E-state index is -3.71. The Hall–Kier alpha value is -1.44. The maximum atomic E-state index is 11.5. The first-order valence-electron chi connectivity index (χ1n) is 5.85. The quantitative estimate of drug-likeness (QED) is 0.824.